The Labute approximate surface area is 199 Å². The Balaban J connectivity index is 0.000000316. The molecule has 0 bridgehead atoms. The van der Waals surface area contributed by atoms with E-state index in [4.69, 9.17) is 22.1 Å². The summed E-state index contributed by atoms with van der Waals surface area (Å²) in [4.78, 5) is 6.28. The second-order valence-corrected chi connectivity index (χ2v) is 10.0. The Hall–Kier alpha value is -1.54. The summed E-state index contributed by atoms with van der Waals surface area (Å²) < 4.78 is 6.33. The van der Waals surface area contributed by atoms with Gasteiger partial charge in [0.2, 0.25) is 5.88 Å². The fraction of sp³-hybridized carbons (Fsp3) is 0.522. The van der Waals surface area contributed by atoms with Crippen molar-refractivity contribution in [3.05, 3.63) is 58.0 Å². The van der Waals surface area contributed by atoms with Crippen molar-refractivity contribution in [2.45, 2.75) is 32.3 Å². The molecule has 2 heterocycles. The van der Waals surface area contributed by atoms with Crippen LogP contribution < -0.4 is 15.8 Å². The maximum atomic E-state index is 9.43. The molecule has 0 unspecified atom stereocenters. The van der Waals surface area contributed by atoms with E-state index in [0.717, 1.165) is 35.7 Å². The second kappa shape index (κ2) is 11.9. The molecule has 1 aromatic heterocycles. The summed E-state index contributed by atoms with van der Waals surface area (Å²) in [6, 6.07) is 3.44. The molecule has 1 aliphatic carbocycles. The van der Waals surface area contributed by atoms with Gasteiger partial charge >= 0.3 is 0 Å². The van der Waals surface area contributed by atoms with Gasteiger partial charge in [-0.2, -0.15) is 0 Å². The fourth-order valence-corrected chi connectivity index (χ4v) is 3.33. The highest BCUT2D eigenvalue weighted by atomic mass is 79.9. The van der Waals surface area contributed by atoms with Crippen LogP contribution in [0, 0.1) is 11.8 Å². The first-order chi connectivity index (χ1) is 14.6. The number of rotatable bonds is 9. The van der Waals surface area contributed by atoms with E-state index in [9.17, 15) is 5.11 Å². The maximum absolute atomic E-state index is 9.43. The van der Waals surface area contributed by atoms with Gasteiger partial charge in [-0.1, -0.05) is 24.3 Å². The van der Waals surface area contributed by atoms with Crippen molar-refractivity contribution >= 4 is 27.5 Å². The quantitative estimate of drug-likeness (QED) is 0.432. The molecule has 1 aliphatic heterocycles. The molecule has 4 N–H and O–H groups in total. The molecule has 172 valence electrons. The molecule has 0 radical (unpaired) electrons. The zero-order valence-electron chi connectivity index (χ0n) is 18.6. The van der Waals surface area contributed by atoms with Crippen molar-refractivity contribution < 1.29 is 9.84 Å². The first kappa shape index (κ1) is 25.7. The lowest BCUT2D eigenvalue weighted by Crippen LogP contribution is -2.53. The Morgan fingerprint density at radius 1 is 1.45 bits per heavy atom. The van der Waals surface area contributed by atoms with Gasteiger partial charge < -0.3 is 25.8 Å². The average Bonchev–Trinajstić information content (AvgIpc) is 3.52. The summed E-state index contributed by atoms with van der Waals surface area (Å²) >= 11 is 9.25. The van der Waals surface area contributed by atoms with E-state index in [2.05, 4.69) is 44.8 Å². The minimum Gasteiger partial charge on any atom is -0.472 e. The predicted molar refractivity (Wildman–Crippen MR) is 131 cm³/mol. The van der Waals surface area contributed by atoms with Crippen LogP contribution >= 0.6 is 27.5 Å². The largest absolute Gasteiger partial charge is 0.472 e. The van der Waals surface area contributed by atoms with Gasteiger partial charge in [0.15, 0.2) is 0 Å². The lowest BCUT2D eigenvalue weighted by molar-refractivity contribution is -0.0525. The molecule has 31 heavy (non-hydrogen) atoms. The minimum atomic E-state index is -0.466. The van der Waals surface area contributed by atoms with Crippen molar-refractivity contribution in [3.63, 3.8) is 0 Å². The molecule has 0 atom stereocenters. The van der Waals surface area contributed by atoms with Gasteiger partial charge in [-0.3, -0.25) is 0 Å². The zero-order chi connectivity index (χ0) is 23.0. The normalized spacial score (nSPS) is 18.3. The maximum Gasteiger partial charge on any atom is 0.213 e. The van der Waals surface area contributed by atoms with E-state index in [1.807, 2.05) is 19.9 Å². The third-order valence-corrected chi connectivity index (χ3v) is 6.13. The molecule has 6 nitrogen and oxygen atoms in total. The molecule has 0 spiro atoms. The van der Waals surface area contributed by atoms with Crippen LogP contribution in [0.15, 0.2) is 52.9 Å². The van der Waals surface area contributed by atoms with E-state index in [0.29, 0.717) is 29.1 Å². The number of nitrogens with one attached hydrogen (secondary N) is 1. The fourth-order valence-electron chi connectivity index (χ4n) is 2.89. The van der Waals surface area contributed by atoms with Crippen molar-refractivity contribution in [3.8, 4) is 5.88 Å². The van der Waals surface area contributed by atoms with Crippen molar-refractivity contribution in [2.75, 3.05) is 33.3 Å². The molecular formula is C23H34BrClN4O2. The van der Waals surface area contributed by atoms with Crippen LogP contribution in [0.3, 0.4) is 0 Å². The number of aliphatic hydroxyl groups is 1. The van der Waals surface area contributed by atoms with E-state index in [1.165, 1.54) is 19.0 Å². The number of nitrogens with two attached hydrogens (primary N) is 1. The van der Waals surface area contributed by atoms with Gasteiger partial charge in [0, 0.05) is 37.8 Å². The third kappa shape index (κ3) is 9.23. The highest BCUT2D eigenvalue weighted by Crippen LogP contribution is 2.28. The summed E-state index contributed by atoms with van der Waals surface area (Å²) in [6.07, 6.45) is 7.68. The number of pyridine rings is 1. The Morgan fingerprint density at radius 2 is 2.13 bits per heavy atom. The van der Waals surface area contributed by atoms with E-state index in [1.54, 1.807) is 18.2 Å². The summed E-state index contributed by atoms with van der Waals surface area (Å²) in [5, 5.41) is 13.4. The monoisotopic (exact) mass is 512 g/mol. The number of halogens is 2. The van der Waals surface area contributed by atoms with Crippen LogP contribution in [-0.4, -0.2) is 53.9 Å². The smallest absolute Gasteiger partial charge is 0.213 e. The molecule has 2 aliphatic rings. The molecule has 1 aromatic rings. The van der Waals surface area contributed by atoms with Crippen LogP contribution in [0.4, 0.5) is 0 Å². The molecule has 2 fully saturated rings. The molecule has 0 amide bonds. The summed E-state index contributed by atoms with van der Waals surface area (Å²) in [5.74, 6) is 1.74. The zero-order valence-corrected chi connectivity index (χ0v) is 20.9. The van der Waals surface area contributed by atoms with Gasteiger partial charge in [-0.15, -0.1) is 0 Å². The minimum absolute atomic E-state index is 0.292. The van der Waals surface area contributed by atoms with E-state index in [-0.39, 0.29) is 0 Å². The van der Waals surface area contributed by atoms with Crippen molar-refractivity contribution in [1.82, 2.24) is 15.2 Å². The highest BCUT2D eigenvalue weighted by Gasteiger charge is 2.35. The number of hydrogen-bond donors (Lipinski definition) is 3. The molecule has 8 heteroatoms. The number of likely N-dealkylation sites (tertiary alicyclic amines) is 1. The van der Waals surface area contributed by atoms with Gasteiger partial charge in [-0.05, 0) is 67.7 Å². The van der Waals surface area contributed by atoms with E-state index < -0.39 is 5.60 Å². The van der Waals surface area contributed by atoms with Gasteiger partial charge in [-0.25, -0.2) is 4.98 Å². The summed E-state index contributed by atoms with van der Waals surface area (Å²) in [7, 11) is 2.07. The molecule has 3 rings (SSSR count). The average molecular weight is 514 g/mol. The SMILES string of the molecule is C=C/C=C(NCC1CC1)\C(N)=C(\Br)COc1ccc(Cl)cn1.CN1CC(C(C)(C)O)C1. The van der Waals surface area contributed by atoms with Crippen molar-refractivity contribution in [1.29, 1.82) is 0 Å². The number of ether oxygens (including phenoxy) is 1. The number of aromatic nitrogens is 1. The molecular weight excluding hydrogens is 480 g/mol. The molecule has 1 saturated carbocycles. The molecule has 1 saturated heterocycles. The molecule has 0 aromatic carbocycles. The summed E-state index contributed by atoms with van der Waals surface area (Å²) in [5.41, 5.74) is 7.16. The van der Waals surface area contributed by atoms with Gasteiger partial charge in [0.05, 0.1) is 26.5 Å². The first-order valence-corrected chi connectivity index (χ1v) is 11.6. The number of hydrogen-bond acceptors (Lipinski definition) is 6. The van der Waals surface area contributed by atoms with Crippen molar-refractivity contribution in [2.24, 2.45) is 17.6 Å². The second-order valence-electron chi connectivity index (χ2n) is 8.63. The van der Waals surface area contributed by atoms with Crippen LogP contribution in [0.2, 0.25) is 5.02 Å². The summed E-state index contributed by atoms with van der Waals surface area (Å²) in [6.45, 7) is 10.8. The Morgan fingerprint density at radius 3 is 2.58 bits per heavy atom. The number of nitrogens with zero attached hydrogens (tertiary/aromatic N) is 2. The topological polar surface area (TPSA) is 83.6 Å². The number of allylic oxidation sites excluding steroid dienone is 2. The van der Waals surface area contributed by atoms with Gasteiger partial charge in [0.1, 0.15) is 6.61 Å². The van der Waals surface area contributed by atoms with Crippen LogP contribution in [0.1, 0.15) is 26.7 Å². The highest BCUT2D eigenvalue weighted by molar-refractivity contribution is 9.11. The lowest BCUT2D eigenvalue weighted by atomic mass is 9.85. The van der Waals surface area contributed by atoms with Gasteiger partial charge in [0.25, 0.3) is 0 Å². The van der Waals surface area contributed by atoms with E-state index >= 15 is 0 Å². The third-order valence-electron chi connectivity index (χ3n) is 5.26. The Bertz CT molecular complexity index is 780. The van der Waals surface area contributed by atoms with Crippen LogP contribution in [-0.2, 0) is 0 Å². The standard InChI is InChI=1S/C16H19BrClN3O.C7H15NO/c1-2-3-14(20-8-11-4-5-11)16(19)13(17)10-22-15-7-6-12(18)9-21-15;1-7(2,9)6-4-8(3)5-6/h2-3,6-7,9,11,20H,1,4-5,8,10,19H2;6,9H,4-5H2,1-3H3/b14-3+,16-13-;. The lowest BCUT2D eigenvalue weighted by Gasteiger charge is -2.43. The Kier molecular flexibility index (Phi) is 9.88. The predicted octanol–water partition coefficient (Wildman–Crippen LogP) is 4.07. The van der Waals surface area contributed by atoms with Crippen LogP contribution in [0.5, 0.6) is 5.88 Å². The van der Waals surface area contributed by atoms with Crippen LogP contribution in [0.25, 0.3) is 0 Å². The first-order valence-electron chi connectivity index (χ1n) is 10.5.